The number of nitrogens with zero attached hydrogens (tertiary/aromatic N) is 5. The first-order valence-corrected chi connectivity index (χ1v) is 12.0. The van der Waals surface area contributed by atoms with E-state index in [4.69, 9.17) is 14.2 Å². The molecule has 5 rings (SSSR count). The number of thiazole rings is 1. The van der Waals surface area contributed by atoms with Crippen LogP contribution < -0.4 is 14.8 Å². The van der Waals surface area contributed by atoms with Crippen molar-refractivity contribution >= 4 is 44.4 Å². The Bertz CT molecular complexity index is 1600. The Labute approximate surface area is 214 Å². The highest BCUT2D eigenvalue weighted by Gasteiger charge is 2.17. The Morgan fingerprint density at radius 3 is 2.70 bits per heavy atom. The van der Waals surface area contributed by atoms with Crippen molar-refractivity contribution in [2.24, 2.45) is 0 Å². The molecule has 0 spiro atoms. The number of aromatic nitrogens is 5. The summed E-state index contributed by atoms with van der Waals surface area (Å²) in [5.74, 6) is -0.114. The fourth-order valence-electron chi connectivity index (χ4n) is 3.60. The van der Waals surface area contributed by atoms with Gasteiger partial charge in [-0.25, -0.2) is 34.1 Å². The van der Waals surface area contributed by atoms with E-state index < -0.39 is 18.0 Å². The zero-order valence-electron chi connectivity index (χ0n) is 20.1. The van der Waals surface area contributed by atoms with E-state index in [1.165, 1.54) is 43.2 Å². The molecule has 188 valence electrons. The zero-order valence-corrected chi connectivity index (χ0v) is 20.9. The fraction of sp³-hybridized carbons (Fsp3) is 0.200. The third-order valence-corrected chi connectivity index (χ3v) is 6.29. The van der Waals surface area contributed by atoms with Gasteiger partial charge in [0, 0.05) is 17.7 Å². The number of ether oxygens (including phenoxy) is 3. The number of carbonyl (C=O) groups excluding carboxylic acids is 1. The van der Waals surface area contributed by atoms with Crippen molar-refractivity contribution in [2.75, 3.05) is 19.0 Å². The average molecular weight is 521 g/mol. The van der Waals surface area contributed by atoms with Gasteiger partial charge in [-0.3, -0.25) is 5.32 Å². The molecule has 0 aliphatic carbocycles. The normalized spacial score (nSPS) is 11.9. The molecule has 3 aromatic heterocycles. The van der Waals surface area contributed by atoms with Crippen LogP contribution in [0, 0.1) is 12.7 Å². The van der Waals surface area contributed by atoms with Gasteiger partial charge in [-0.1, -0.05) is 0 Å². The van der Waals surface area contributed by atoms with Crippen LogP contribution in [0.15, 0.2) is 49.2 Å². The number of carbonyl (C=O) groups is 1. The maximum absolute atomic E-state index is 14.8. The van der Waals surface area contributed by atoms with Crippen LogP contribution in [-0.4, -0.2) is 50.8 Å². The van der Waals surface area contributed by atoms with E-state index in [1.54, 1.807) is 19.2 Å². The van der Waals surface area contributed by atoms with Crippen molar-refractivity contribution in [1.29, 1.82) is 0 Å². The molecule has 0 radical (unpaired) electrons. The SMILES string of the molecule is COc1cnc2c(-c3nc4cc(F)c(OCC(C)OC(=O)Nc5cncnc5)cc4s3)cc(C)cc2n1. The number of amides is 1. The molecule has 0 bridgehead atoms. The molecule has 5 aromatic rings. The molecule has 1 atom stereocenters. The van der Waals surface area contributed by atoms with Gasteiger partial charge < -0.3 is 14.2 Å². The van der Waals surface area contributed by atoms with Gasteiger partial charge in [-0.2, -0.15) is 0 Å². The lowest BCUT2D eigenvalue weighted by Gasteiger charge is -2.15. The minimum absolute atomic E-state index is 0.0358. The topological polar surface area (TPSA) is 121 Å². The largest absolute Gasteiger partial charge is 0.487 e. The number of methoxy groups -OCH3 is 1. The molecule has 0 aliphatic rings. The van der Waals surface area contributed by atoms with Gasteiger partial charge in [-0.15, -0.1) is 11.3 Å². The Morgan fingerprint density at radius 2 is 1.92 bits per heavy atom. The molecule has 10 nitrogen and oxygen atoms in total. The van der Waals surface area contributed by atoms with Crippen LogP contribution in [0.25, 0.3) is 31.8 Å². The first-order valence-electron chi connectivity index (χ1n) is 11.2. The highest BCUT2D eigenvalue weighted by molar-refractivity contribution is 7.21. The van der Waals surface area contributed by atoms with Crippen molar-refractivity contribution in [3.05, 3.63) is 60.6 Å². The van der Waals surface area contributed by atoms with E-state index in [9.17, 15) is 9.18 Å². The summed E-state index contributed by atoms with van der Waals surface area (Å²) in [5, 5.41) is 3.19. The van der Waals surface area contributed by atoms with E-state index >= 15 is 0 Å². The summed E-state index contributed by atoms with van der Waals surface area (Å²) in [6.07, 6.45) is 4.43. The van der Waals surface area contributed by atoms with Crippen LogP contribution in [0.5, 0.6) is 11.6 Å². The molecule has 0 saturated heterocycles. The fourth-order valence-corrected chi connectivity index (χ4v) is 4.59. The number of hydrogen-bond acceptors (Lipinski definition) is 10. The van der Waals surface area contributed by atoms with Crippen LogP contribution in [0.3, 0.4) is 0 Å². The van der Waals surface area contributed by atoms with E-state index in [1.807, 2.05) is 19.1 Å². The van der Waals surface area contributed by atoms with Gasteiger partial charge in [0.25, 0.3) is 0 Å². The Kier molecular flexibility index (Phi) is 6.73. The van der Waals surface area contributed by atoms with Gasteiger partial charge in [-0.05, 0) is 31.5 Å². The zero-order chi connectivity index (χ0) is 25.9. The molecule has 0 aliphatic heterocycles. The van der Waals surface area contributed by atoms with Gasteiger partial charge >= 0.3 is 6.09 Å². The minimum Gasteiger partial charge on any atom is -0.487 e. The lowest BCUT2D eigenvalue weighted by atomic mass is 10.1. The van der Waals surface area contributed by atoms with Crippen molar-refractivity contribution in [2.45, 2.75) is 20.0 Å². The van der Waals surface area contributed by atoms with E-state index in [-0.39, 0.29) is 12.4 Å². The first kappa shape index (κ1) is 24.3. The Hall–Kier alpha value is -4.45. The maximum Gasteiger partial charge on any atom is 0.412 e. The summed E-state index contributed by atoms with van der Waals surface area (Å²) < 4.78 is 31.6. The van der Waals surface area contributed by atoms with Crippen molar-refractivity contribution in [1.82, 2.24) is 24.9 Å². The van der Waals surface area contributed by atoms with Crippen LogP contribution in [0.2, 0.25) is 0 Å². The molecular weight excluding hydrogens is 499 g/mol. The molecule has 2 aromatic carbocycles. The predicted octanol–water partition coefficient (Wildman–Crippen LogP) is 5.17. The Balaban J connectivity index is 1.33. The van der Waals surface area contributed by atoms with Crippen LogP contribution >= 0.6 is 11.3 Å². The second-order valence-electron chi connectivity index (χ2n) is 8.14. The maximum atomic E-state index is 14.8. The summed E-state index contributed by atoms with van der Waals surface area (Å²) in [6.45, 7) is 3.55. The monoisotopic (exact) mass is 520 g/mol. The van der Waals surface area contributed by atoms with Gasteiger partial charge in [0.2, 0.25) is 5.88 Å². The summed E-state index contributed by atoms with van der Waals surface area (Å²) in [6, 6.07) is 6.81. The summed E-state index contributed by atoms with van der Waals surface area (Å²) >= 11 is 1.39. The van der Waals surface area contributed by atoms with Crippen molar-refractivity contribution in [3.63, 3.8) is 0 Å². The molecule has 0 fully saturated rings. The molecule has 1 amide bonds. The Morgan fingerprint density at radius 1 is 1.11 bits per heavy atom. The summed E-state index contributed by atoms with van der Waals surface area (Å²) in [4.78, 5) is 33.2. The van der Waals surface area contributed by atoms with E-state index in [0.717, 1.165) is 15.8 Å². The van der Waals surface area contributed by atoms with Crippen molar-refractivity contribution < 1.29 is 23.4 Å². The van der Waals surface area contributed by atoms with Gasteiger partial charge in [0.05, 0.1) is 52.6 Å². The number of hydrogen-bond donors (Lipinski definition) is 1. The highest BCUT2D eigenvalue weighted by atomic mass is 32.1. The molecule has 1 N–H and O–H groups in total. The number of halogens is 1. The lowest BCUT2D eigenvalue weighted by molar-refractivity contribution is 0.0844. The highest BCUT2D eigenvalue weighted by Crippen LogP contribution is 2.37. The quantitative estimate of drug-likeness (QED) is 0.310. The third-order valence-electron chi connectivity index (χ3n) is 5.24. The van der Waals surface area contributed by atoms with Crippen LogP contribution in [-0.2, 0) is 4.74 Å². The number of rotatable bonds is 7. The van der Waals surface area contributed by atoms with E-state index in [0.29, 0.717) is 33.1 Å². The molecule has 0 saturated carbocycles. The smallest absolute Gasteiger partial charge is 0.412 e. The molecule has 37 heavy (non-hydrogen) atoms. The summed E-state index contributed by atoms with van der Waals surface area (Å²) in [5.41, 5.74) is 4.03. The standard InChI is InChI=1S/C25H21FN6O4S/c1-13-4-16(23-19(5-13)31-22(34-3)10-29-23)24-32-18-6-17(26)20(7-21(18)37-24)35-11-14(2)36-25(33)30-15-8-27-12-28-9-15/h4-10,12,14H,11H2,1-3H3,(H,30,33). The molecule has 12 heteroatoms. The van der Waals surface area contributed by atoms with Gasteiger partial charge in [0.15, 0.2) is 11.6 Å². The van der Waals surface area contributed by atoms with Gasteiger partial charge in [0.1, 0.15) is 24.0 Å². The molecular formula is C25H21FN6O4S. The number of nitrogens with one attached hydrogen (secondary N) is 1. The second-order valence-corrected chi connectivity index (χ2v) is 9.17. The average Bonchev–Trinajstić information content (AvgIpc) is 3.29. The number of aryl methyl sites for hydroxylation is 1. The number of benzene rings is 2. The van der Waals surface area contributed by atoms with Crippen LogP contribution in [0.1, 0.15) is 12.5 Å². The predicted molar refractivity (Wildman–Crippen MR) is 136 cm³/mol. The third kappa shape index (κ3) is 5.38. The van der Waals surface area contributed by atoms with E-state index in [2.05, 4.69) is 30.2 Å². The second kappa shape index (κ2) is 10.3. The summed E-state index contributed by atoms with van der Waals surface area (Å²) in [7, 11) is 1.54. The molecule has 3 heterocycles. The lowest BCUT2D eigenvalue weighted by Crippen LogP contribution is -2.25. The number of anilines is 1. The first-order chi connectivity index (χ1) is 17.9. The minimum atomic E-state index is -0.694. The number of fused-ring (bicyclic) bond motifs is 2. The molecule has 1 unspecified atom stereocenters. The van der Waals surface area contributed by atoms with Crippen LogP contribution in [0.4, 0.5) is 14.9 Å². The van der Waals surface area contributed by atoms with Crippen molar-refractivity contribution in [3.8, 4) is 22.2 Å².